The molecule has 0 radical (unpaired) electrons. The number of rotatable bonds is 4. The number of hydrogen-bond acceptors (Lipinski definition) is 4. The van der Waals surface area contributed by atoms with Gasteiger partial charge in [0.05, 0.1) is 38.5 Å². The van der Waals surface area contributed by atoms with Gasteiger partial charge < -0.3 is 19.2 Å². The van der Waals surface area contributed by atoms with E-state index in [2.05, 4.69) is 5.32 Å². The lowest BCUT2D eigenvalue weighted by molar-refractivity contribution is -0.100. The summed E-state index contributed by atoms with van der Waals surface area (Å²) in [6.45, 7) is 2.07. The summed E-state index contributed by atoms with van der Waals surface area (Å²) in [5.74, 6) is 0. The van der Waals surface area contributed by atoms with Crippen LogP contribution in [0.5, 0.6) is 0 Å². The highest BCUT2D eigenvalue weighted by molar-refractivity contribution is 5.08. The Morgan fingerprint density at radius 2 is 2.47 bits per heavy atom. The zero-order chi connectivity index (χ0) is 10.5. The number of furan rings is 1. The van der Waals surface area contributed by atoms with Crippen LogP contribution in [0, 0.1) is 0 Å². The van der Waals surface area contributed by atoms with Crippen molar-refractivity contribution in [2.45, 2.75) is 18.6 Å². The summed E-state index contributed by atoms with van der Waals surface area (Å²) in [7, 11) is 1.95. The highest BCUT2D eigenvalue weighted by Crippen LogP contribution is 2.11. The molecule has 1 aromatic heterocycles. The Morgan fingerprint density at radius 1 is 1.53 bits per heavy atom. The van der Waals surface area contributed by atoms with Crippen molar-refractivity contribution in [1.82, 2.24) is 5.32 Å². The number of ether oxygens (including phenoxy) is 2. The molecule has 84 valence electrons. The van der Waals surface area contributed by atoms with Crippen LogP contribution in [-0.4, -0.2) is 39.0 Å². The van der Waals surface area contributed by atoms with Crippen molar-refractivity contribution in [2.75, 3.05) is 26.9 Å². The Bertz CT molecular complexity index is 267. The Balaban J connectivity index is 1.91. The van der Waals surface area contributed by atoms with Gasteiger partial charge in [0, 0.05) is 6.04 Å². The molecular formula is C11H17NO3. The van der Waals surface area contributed by atoms with Gasteiger partial charge in [-0.1, -0.05) is 0 Å². The lowest BCUT2D eigenvalue weighted by Gasteiger charge is -2.30. The number of likely N-dealkylation sites (N-methyl/N-ethyl adjacent to an activating group) is 1. The molecule has 0 aromatic carbocycles. The molecule has 1 aliphatic rings. The highest BCUT2D eigenvalue weighted by Gasteiger charge is 2.24. The van der Waals surface area contributed by atoms with Crippen molar-refractivity contribution in [3.05, 3.63) is 24.2 Å². The summed E-state index contributed by atoms with van der Waals surface area (Å²) >= 11 is 0. The van der Waals surface area contributed by atoms with Crippen LogP contribution in [0.25, 0.3) is 0 Å². The second kappa shape index (κ2) is 5.30. The first kappa shape index (κ1) is 10.7. The zero-order valence-electron chi connectivity index (χ0n) is 8.94. The van der Waals surface area contributed by atoms with Gasteiger partial charge in [0.2, 0.25) is 0 Å². The monoisotopic (exact) mass is 211 g/mol. The van der Waals surface area contributed by atoms with E-state index in [1.54, 1.807) is 12.5 Å². The third-order valence-electron chi connectivity index (χ3n) is 2.70. The second-order valence-corrected chi connectivity index (χ2v) is 3.72. The minimum absolute atomic E-state index is 0.138. The van der Waals surface area contributed by atoms with Gasteiger partial charge in [-0.25, -0.2) is 0 Å². The lowest BCUT2D eigenvalue weighted by atomic mass is 10.0. The zero-order valence-corrected chi connectivity index (χ0v) is 8.94. The molecule has 4 nitrogen and oxygen atoms in total. The largest absolute Gasteiger partial charge is 0.472 e. The third-order valence-corrected chi connectivity index (χ3v) is 2.70. The van der Waals surface area contributed by atoms with E-state index < -0.39 is 0 Å². The highest BCUT2D eigenvalue weighted by atomic mass is 16.6. The summed E-state index contributed by atoms with van der Waals surface area (Å²) in [4.78, 5) is 0. The first-order valence-corrected chi connectivity index (χ1v) is 5.28. The topological polar surface area (TPSA) is 43.6 Å². The smallest absolute Gasteiger partial charge is 0.0965 e. The summed E-state index contributed by atoms with van der Waals surface area (Å²) in [5.41, 5.74) is 1.18. The molecule has 1 aliphatic heterocycles. The van der Waals surface area contributed by atoms with E-state index in [0.29, 0.717) is 19.8 Å². The Morgan fingerprint density at radius 3 is 3.07 bits per heavy atom. The molecule has 1 aromatic rings. The Kier molecular flexibility index (Phi) is 3.77. The fourth-order valence-electron chi connectivity index (χ4n) is 1.82. The van der Waals surface area contributed by atoms with Gasteiger partial charge in [-0.15, -0.1) is 0 Å². The lowest BCUT2D eigenvalue weighted by Crippen LogP contribution is -2.46. The van der Waals surface area contributed by atoms with Crippen molar-refractivity contribution in [3.63, 3.8) is 0 Å². The molecule has 1 N–H and O–H groups in total. The summed E-state index contributed by atoms with van der Waals surface area (Å²) in [6, 6.07) is 2.26. The summed E-state index contributed by atoms with van der Waals surface area (Å²) < 4.78 is 16.1. The standard InChI is InChI=1S/C11H17NO3/c1-12-10(6-9-2-3-13-7-9)11-8-14-4-5-15-11/h2-3,7,10-12H,4-6,8H2,1H3. The van der Waals surface area contributed by atoms with Crippen LogP contribution in [-0.2, 0) is 15.9 Å². The van der Waals surface area contributed by atoms with Crippen LogP contribution in [0.2, 0.25) is 0 Å². The molecule has 0 spiro atoms. The fourth-order valence-corrected chi connectivity index (χ4v) is 1.82. The molecule has 2 unspecified atom stereocenters. The predicted octanol–water partition coefficient (Wildman–Crippen LogP) is 0.825. The van der Waals surface area contributed by atoms with E-state index in [9.17, 15) is 0 Å². The normalized spacial score (nSPS) is 23.9. The Labute approximate surface area is 89.6 Å². The third kappa shape index (κ3) is 2.81. The van der Waals surface area contributed by atoms with E-state index in [-0.39, 0.29) is 12.1 Å². The van der Waals surface area contributed by atoms with Crippen molar-refractivity contribution < 1.29 is 13.9 Å². The first-order valence-electron chi connectivity index (χ1n) is 5.28. The van der Waals surface area contributed by atoms with Gasteiger partial charge in [-0.3, -0.25) is 0 Å². The van der Waals surface area contributed by atoms with Crippen molar-refractivity contribution in [2.24, 2.45) is 0 Å². The SMILES string of the molecule is CNC(Cc1ccoc1)C1COCCO1. The van der Waals surface area contributed by atoms with Gasteiger partial charge in [-0.2, -0.15) is 0 Å². The van der Waals surface area contributed by atoms with Crippen LogP contribution in [0.3, 0.4) is 0 Å². The molecule has 2 heterocycles. The van der Waals surface area contributed by atoms with Crippen molar-refractivity contribution in [1.29, 1.82) is 0 Å². The van der Waals surface area contributed by atoms with Crippen LogP contribution in [0.15, 0.2) is 23.0 Å². The summed E-state index contributed by atoms with van der Waals surface area (Å²) in [6.07, 6.45) is 4.51. The maximum Gasteiger partial charge on any atom is 0.0965 e. The van der Waals surface area contributed by atoms with Crippen LogP contribution in [0.4, 0.5) is 0 Å². The predicted molar refractivity (Wildman–Crippen MR) is 55.8 cm³/mol. The van der Waals surface area contributed by atoms with Gasteiger partial charge >= 0.3 is 0 Å². The maximum absolute atomic E-state index is 5.66. The minimum atomic E-state index is 0.138. The molecule has 0 aliphatic carbocycles. The molecule has 2 rings (SSSR count). The summed E-state index contributed by atoms with van der Waals surface area (Å²) in [5, 5.41) is 3.26. The van der Waals surface area contributed by atoms with Crippen LogP contribution in [0.1, 0.15) is 5.56 Å². The molecule has 2 atom stereocenters. The van der Waals surface area contributed by atoms with Crippen LogP contribution >= 0.6 is 0 Å². The molecule has 15 heavy (non-hydrogen) atoms. The fraction of sp³-hybridized carbons (Fsp3) is 0.636. The number of hydrogen-bond donors (Lipinski definition) is 1. The Hall–Kier alpha value is -0.840. The van der Waals surface area contributed by atoms with Crippen molar-refractivity contribution >= 4 is 0 Å². The second-order valence-electron chi connectivity index (χ2n) is 3.72. The minimum Gasteiger partial charge on any atom is -0.472 e. The van der Waals surface area contributed by atoms with E-state index in [0.717, 1.165) is 6.42 Å². The molecule has 0 saturated carbocycles. The van der Waals surface area contributed by atoms with E-state index in [4.69, 9.17) is 13.9 Å². The maximum atomic E-state index is 5.66. The van der Waals surface area contributed by atoms with Gasteiger partial charge in [-0.05, 0) is 25.1 Å². The van der Waals surface area contributed by atoms with Gasteiger partial charge in [0.25, 0.3) is 0 Å². The molecule has 1 saturated heterocycles. The van der Waals surface area contributed by atoms with Gasteiger partial charge in [0.1, 0.15) is 0 Å². The van der Waals surface area contributed by atoms with E-state index in [1.165, 1.54) is 5.56 Å². The number of nitrogens with one attached hydrogen (secondary N) is 1. The molecule has 1 fully saturated rings. The quantitative estimate of drug-likeness (QED) is 0.801. The van der Waals surface area contributed by atoms with Crippen molar-refractivity contribution in [3.8, 4) is 0 Å². The molecular weight excluding hydrogens is 194 g/mol. The van der Waals surface area contributed by atoms with E-state index in [1.807, 2.05) is 13.1 Å². The molecule has 0 amide bonds. The molecule has 0 bridgehead atoms. The van der Waals surface area contributed by atoms with Gasteiger partial charge in [0.15, 0.2) is 0 Å². The average molecular weight is 211 g/mol. The van der Waals surface area contributed by atoms with Crippen LogP contribution < -0.4 is 5.32 Å². The average Bonchev–Trinajstić information content (AvgIpc) is 2.80. The molecule has 4 heteroatoms. The first-order chi connectivity index (χ1) is 7.40. The van der Waals surface area contributed by atoms with E-state index >= 15 is 0 Å².